The number of ether oxygens (including phenoxy) is 3. The van der Waals surface area contributed by atoms with E-state index in [0.29, 0.717) is 17.2 Å². The Morgan fingerprint density at radius 3 is 2.50 bits per heavy atom. The zero-order valence-electron chi connectivity index (χ0n) is 14.7. The van der Waals surface area contributed by atoms with Crippen LogP contribution in [-0.2, 0) is 0 Å². The van der Waals surface area contributed by atoms with Crippen LogP contribution in [0.1, 0.15) is 28.7 Å². The Kier molecular flexibility index (Phi) is 5.35. The van der Waals surface area contributed by atoms with Crippen molar-refractivity contribution in [1.29, 1.82) is 0 Å². The van der Waals surface area contributed by atoms with Crippen LogP contribution in [0.4, 0.5) is 0 Å². The second-order valence-corrected chi connectivity index (χ2v) is 5.98. The third-order valence-corrected chi connectivity index (χ3v) is 4.48. The summed E-state index contributed by atoms with van der Waals surface area (Å²) in [5, 5.41) is 28.8. The van der Waals surface area contributed by atoms with E-state index < -0.39 is 6.10 Å². The van der Waals surface area contributed by atoms with Gasteiger partial charge in [-0.1, -0.05) is 18.2 Å². The van der Waals surface area contributed by atoms with Gasteiger partial charge < -0.3 is 29.5 Å². The molecule has 0 radical (unpaired) electrons. The van der Waals surface area contributed by atoms with Crippen LogP contribution in [0, 0.1) is 0 Å². The molecular weight excluding hydrogens is 336 g/mol. The fraction of sp³-hybridized carbons (Fsp3) is 0.300. The number of benzene rings is 2. The number of aliphatic hydroxyl groups is 2. The predicted octanol–water partition coefficient (Wildman–Crippen LogP) is 2.62. The van der Waals surface area contributed by atoms with E-state index in [0.717, 1.165) is 16.7 Å². The Morgan fingerprint density at radius 2 is 1.85 bits per heavy atom. The number of hydrogen-bond donors (Lipinski definition) is 3. The van der Waals surface area contributed by atoms with Crippen molar-refractivity contribution < 1.29 is 29.5 Å². The summed E-state index contributed by atoms with van der Waals surface area (Å²) in [5.74, 6) is 1.31. The largest absolute Gasteiger partial charge is 0.504 e. The summed E-state index contributed by atoms with van der Waals surface area (Å²) >= 11 is 0. The first-order valence-electron chi connectivity index (χ1n) is 8.26. The lowest BCUT2D eigenvalue weighted by Crippen LogP contribution is -2.13. The molecule has 3 N–H and O–H groups in total. The molecule has 6 heteroatoms. The molecule has 0 fully saturated rings. The fourth-order valence-electron chi connectivity index (χ4n) is 3.27. The van der Waals surface area contributed by atoms with Crippen molar-refractivity contribution in [3.05, 3.63) is 53.1 Å². The zero-order valence-corrected chi connectivity index (χ0v) is 14.7. The van der Waals surface area contributed by atoms with Gasteiger partial charge in [0, 0.05) is 5.56 Å². The second-order valence-electron chi connectivity index (χ2n) is 5.98. The van der Waals surface area contributed by atoms with Gasteiger partial charge in [-0.3, -0.25) is 0 Å². The Balaban J connectivity index is 2.04. The van der Waals surface area contributed by atoms with Crippen LogP contribution in [0.15, 0.2) is 36.4 Å². The van der Waals surface area contributed by atoms with E-state index in [2.05, 4.69) is 0 Å². The Labute approximate surface area is 151 Å². The maximum absolute atomic E-state index is 9.99. The number of phenolic OH excluding ortho intramolecular Hbond substituents is 1. The van der Waals surface area contributed by atoms with E-state index in [1.807, 2.05) is 12.1 Å². The van der Waals surface area contributed by atoms with Gasteiger partial charge in [-0.05, 0) is 35.4 Å². The average Bonchev–Trinajstić information content (AvgIpc) is 3.04. The summed E-state index contributed by atoms with van der Waals surface area (Å²) in [4.78, 5) is 0. The normalized spacial score (nSPS) is 18.6. The molecule has 6 nitrogen and oxygen atoms in total. The van der Waals surface area contributed by atoms with Crippen molar-refractivity contribution in [2.45, 2.75) is 12.0 Å². The molecule has 3 rings (SSSR count). The van der Waals surface area contributed by atoms with Gasteiger partial charge in [-0.25, -0.2) is 0 Å². The topological polar surface area (TPSA) is 88.4 Å². The summed E-state index contributed by atoms with van der Waals surface area (Å²) in [6.07, 6.45) is 2.97. The standard InChI is InChI=1S/C20H22O6/c1-24-16-10-13(5-6-15(16)23)20-14(11-22)19-17(25-2)8-12(4-3-7-21)9-18(19)26-20/h3-6,8-10,14,20-23H,7,11H2,1-2H3. The quantitative estimate of drug-likeness (QED) is 0.736. The molecule has 1 aliphatic rings. The molecule has 2 atom stereocenters. The monoisotopic (exact) mass is 358 g/mol. The van der Waals surface area contributed by atoms with Gasteiger partial charge in [0.25, 0.3) is 0 Å². The van der Waals surface area contributed by atoms with Gasteiger partial charge >= 0.3 is 0 Å². The van der Waals surface area contributed by atoms with Crippen LogP contribution in [0.3, 0.4) is 0 Å². The summed E-state index contributed by atoms with van der Waals surface area (Å²) < 4.78 is 16.8. The van der Waals surface area contributed by atoms with Crippen molar-refractivity contribution in [3.63, 3.8) is 0 Å². The number of fused-ring (bicyclic) bond motifs is 1. The number of methoxy groups -OCH3 is 2. The highest BCUT2D eigenvalue weighted by Gasteiger charge is 2.38. The lowest BCUT2D eigenvalue weighted by atomic mass is 9.90. The number of aliphatic hydroxyl groups excluding tert-OH is 2. The van der Waals surface area contributed by atoms with E-state index >= 15 is 0 Å². The molecule has 0 saturated heterocycles. The highest BCUT2D eigenvalue weighted by Crippen LogP contribution is 2.51. The summed E-state index contributed by atoms with van der Waals surface area (Å²) in [7, 11) is 3.05. The van der Waals surface area contributed by atoms with E-state index in [9.17, 15) is 10.2 Å². The zero-order chi connectivity index (χ0) is 18.7. The molecule has 1 aliphatic heterocycles. The first kappa shape index (κ1) is 18.1. The summed E-state index contributed by atoms with van der Waals surface area (Å²) in [5.41, 5.74) is 2.41. The Bertz CT molecular complexity index is 814. The van der Waals surface area contributed by atoms with Crippen molar-refractivity contribution in [2.75, 3.05) is 27.4 Å². The van der Waals surface area contributed by atoms with E-state index in [1.165, 1.54) is 7.11 Å². The third-order valence-electron chi connectivity index (χ3n) is 4.48. The smallest absolute Gasteiger partial charge is 0.160 e. The molecular formula is C20H22O6. The average molecular weight is 358 g/mol. The van der Waals surface area contributed by atoms with Gasteiger partial charge in [-0.2, -0.15) is 0 Å². The Morgan fingerprint density at radius 1 is 1.08 bits per heavy atom. The van der Waals surface area contributed by atoms with Gasteiger partial charge in [0.2, 0.25) is 0 Å². The number of rotatable bonds is 6. The van der Waals surface area contributed by atoms with Crippen LogP contribution in [0.25, 0.3) is 6.08 Å². The molecule has 2 aromatic carbocycles. The third kappa shape index (κ3) is 3.21. The van der Waals surface area contributed by atoms with Gasteiger partial charge in [0.1, 0.15) is 17.6 Å². The van der Waals surface area contributed by atoms with Crippen molar-refractivity contribution in [1.82, 2.24) is 0 Å². The molecule has 2 aromatic rings. The summed E-state index contributed by atoms with van der Waals surface area (Å²) in [6.45, 7) is -0.182. The molecule has 0 saturated carbocycles. The molecule has 0 spiro atoms. The first-order valence-corrected chi connectivity index (χ1v) is 8.26. The number of aromatic hydroxyl groups is 1. The SMILES string of the molecule is COc1cc(C2Oc3cc(C=CCO)cc(OC)c3C2CO)ccc1O. The van der Waals surface area contributed by atoms with Crippen LogP contribution in [0.2, 0.25) is 0 Å². The highest BCUT2D eigenvalue weighted by atomic mass is 16.5. The molecule has 0 amide bonds. The maximum Gasteiger partial charge on any atom is 0.160 e. The minimum absolute atomic E-state index is 0.0429. The molecule has 26 heavy (non-hydrogen) atoms. The predicted molar refractivity (Wildman–Crippen MR) is 97.0 cm³/mol. The number of phenols is 1. The molecule has 1 heterocycles. The van der Waals surface area contributed by atoms with Crippen LogP contribution >= 0.6 is 0 Å². The Hall–Kier alpha value is -2.70. The molecule has 138 valence electrons. The molecule has 0 aromatic heterocycles. The van der Waals surface area contributed by atoms with Gasteiger partial charge in [0.05, 0.1) is 33.4 Å². The fourth-order valence-corrected chi connectivity index (χ4v) is 3.27. The lowest BCUT2D eigenvalue weighted by molar-refractivity contribution is 0.159. The number of hydrogen-bond acceptors (Lipinski definition) is 6. The molecule has 2 unspecified atom stereocenters. The lowest BCUT2D eigenvalue weighted by Gasteiger charge is -2.19. The van der Waals surface area contributed by atoms with Crippen molar-refractivity contribution in [2.24, 2.45) is 0 Å². The van der Waals surface area contributed by atoms with Crippen LogP contribution in [0.5, 0.6) is 23.0 Å². The van der Waals surface area contributed by atoms with E-state index in [1.54, 1.807) is 37.5 Å². The minimum atomic E-state index is -0.435. The van der Waals surface area contributed by atoms with Crippen molar-refractivity contribution in [3.8, 4) is 23.0 Å². The van der Waals surface area contributed by atoms with E-state index in [-0.39, 0.29) is 24.9 Å². The molecule has 0 bridgehead atoms. The maximum atomic E-state index is 9.99. The first-order chi connectivity index (χ1) is 12.6. The van der Waals surface area contributed by atoms with Gasteiger partial charge in [-0.15, -0.1) is 0 Å². The van der Waals surface area contributed by atoms with Crippen LogP contribution < -0.4 is 14.2 Å². The van der Waals surface area contributed by atoms with Crippen LogP contribution in [-0.4, -0.2) is 42.8 Å². The van der Waals surface area contributed by atoms with Gasteiger partial charge in [0.15, 0.2) is 11.5 Å². The molecule has 0 aliphatic carbocycles. The van der Waals surface area contributed by atoms with E-state index in [4.69, 9.17) is 19.3 Å². The van der Waals surface area contributed by atoms with Crippen molar-refractivity contribution >= 4 is 6.08 Å². The second kappa shape index (κ2) is 7.68. The summed E-state index contributed by atoms with van der Waals surface area (Å²) in [6, 6.07) is 8.69. The minimum Gasteiger partial charge on any atom is -0.504 e. The highest BCUT2D eigenvalue weighted by molar-refractivity contribution is 5.62.